The van der Waals surface area contributed by atoms with Crippen LogP contribution in [0.5, 0.6) is 0 Å². The van der Waals surface area contributed by atoms with E-state index in [-0.39, 0.29) is 34.6 Å². The summed E-state index contributed by atoms with van der Waals surface area (Å²) >= 11 is 3.18. The third-order valence-electron chi connectivity index (χ3n) is 4.52. The van der Waals surface area contributed by atoms with Gasteiger partial charge in [-0.25, -0.2) is 9.18 Å². The SMILES string of the molecule is CCCCn1c(N)c(N(Cc2ccco2)C(=O)c2ccc(F)cc2Br)c(=O)[nH]c1=O. The molecule has 10 heteroatoms. The standard InChI is InChI=1S/C20H20BrFN4O4/c1-2-3-8-25-17(23)16(18(27)24-20(25)29)26(11-13-5-4-9-30-13)19(28)14-7-6-12(22)10-15(14)21/h4-7,9-10H,2-3,8,11,23H2,1H3,(H,24,27,29). The number of anilines is 2. The number of nitrogen functional groups attached to an aromatic ring is 1. The fourth-order valence-electron chi connectivity index (χ4n) is 3.00. The highest BCUT2D eigenvalue weighted by molar-refractivity contribution is 9.10. The number of rotatable bonds is 7. The predicted molar refractivity (Wildman–Crippen MR) is 114 cm³/mol. The summed E-state index contributed by atoms with van der Waals surface area (Å²) < 4.78 is 20.3. The summed E-state index contributed by atoms with van der Waals surface area (Å²) in [6, 6.07) is 6.86. The number of halogens is 2. The maximum Gasteiger partial charge on any atom is 0.330 e. The first kappa shape index (κ1) is 21.6. The van der Waals surface area contributed by atoms with Gasteiger partial charge in [0.15, 0.2) is 5.69 Å². The van der Waals surface area contributed by atoms with E-state index in [0.717, 1.165) is 23.5 Å². The molecule has 0 aliphatic rings. The van der Waals surface area contributed by atoms with Gasteiger partial charge >= 0.3 is 5.69 Å². The van der Waals surface area contributed by atoms with E-state index >= 15 is 0 Å². The highest BCUT2D eigenvalue weighted by Crippen LogP contribution is 2.26. The van der Waals surface area contributed by atoms with Gasteiger partial charge in [-0.05, 0) is 52.7 Å². The summed E-state index contributed by atoms with van der Waals surface area (Å²) in [4.78, 5) is 41.6. The first-order valence-electron chi connectivity index (χ1n) is 9.25. The van der Waals surface area contributed by atoms with Gasteiger partial charge in [-0.15, -0.1) is 0 Å². The van der Waals surface area contributed by atoms with E-state index in [2.05, 4.69) is 20.9 Å². The number of aromatic nitrogens is 2. The lowest BCUT2D eigenvalue weighted by Gasteiger charge is -2.24. The van der Waals surface area contributed by atoms with Crippen LogP contribution in [-0.2, 0) is 13.1 Å². The molecule has 0 fully saturated rings. The number of nitrogens with two attached hydrogens (primary N) is 1. The van der Waals surface area contributed by atoms with Crippen LogP contribution in [-0.4, -0.2) is 15.5 Å². The van der Waals surface area contributed by atoms with E-state index in [1.165, 1.54) is 16.9 Å². The molecule has 0 aliphatic heterocycles. The molecule has 0 saturated carbocycles. The van der Waals surface area contributed by atoms with Crippen molar-refractivity contribution in [2.45, 2.75) is 32.9 Å². The second kappa shape index (κ2) is 9.12. The third-order valence-corrected chi connectivity index (χ3v) is 5.18. The van der Waals surface area contributed by atoms with Gasteiger partial charge in [-0.2, -0.15) is 0 Å². The average molecular weight is 479 g/mol. The number of nitrogens with one attached hydrogen (secondary N) is 1. The quantitative estimate of drug-likeness (QED) is 0.540. The molecule has 158 valence electrons. The molecule has 0 radical (unpaired) electrons. The minimum absolute atomic E-state index is 0.116. The number of nitrogens with zero attached hydrogens (tertiary/aromatic N) is 2. The lowest BCUT2D eigenvalue weighted by atomic mass is 10.1. The summed E-state index contributed by atoms with van der Waals surface area (Å²) in [6.45, 7) is 2.12. The summed E-state index contributed by atoms with van der Waals surface area (Å²) in [5, 5.41) is 0. The summed E-state index contributed by atoms with van der Waals surface area (Å²) in [5.74, 6) is -0.875. The Balaban J connectivity index is 2.17. The molecular formula is C20H20BrFN4O4. The second-order valence-corrected chi connectivity index (χ2v) is 7.45. The van der Waals surface area contributed by atoms with Crippen LogP contribution in [0.4, 0.5) is 15.9 Å². The van der Waals surface area contributed by atoms with Crippen LogP contribution >= 0.6 is 15.9 Å². The fraction of sp³-hybridized carbons (Fsp3) is 0.250. The van der Waals surface area contributed by atoms with Crippen molar-refractivity contribution in [2.75, 3.05) is 10.6 Å². The Morgan fingerprint density at radius 1 is 1.33 bits per heavy atom. The highest BCUT2D eigenvalue weighted by atomic mass is 79.9. The zero-order valence-electron chi connectivity index (χ0n) is 16.2. The summed E-state index contributed by atoms with van der Waals surface area (Å²) in [6.07, 6.45) is 2.89. The predicted octanol–water partition coefficient (Wildman–Crippen LogP) is 3.26. The molecule has 3 aromatic rings. The Kier molecular flexibility index (Phi) is 6.56. The normalized spacial score (nSPS) is 10.9. The molecule has 3 N–H and O–H groups in total. The lowest BCUT2D eigenvalue weighted by molar-refractivity contribution is 0.0982. The van der Waals surface area contributed by atoms with Crippen molar-refractivity contribution in [1.29, 1.82) is 0 Å². The molecule has 2 heterocycles. The minimum Gasteiger partial charge on any atom is -0.467 e. The number of carbonyl (C=O) groups is 1. The lowest BCUT2D eigenvalue weighted by Crippen LogP contribution is -2.41. The van der Waals surface area contributed by atoms with E-state index in [9.17, 15) is 18.8 Å². The molecular weight excluding hydrogens is 459 g/mol. The van der Waals surface area contributed by atoms with Gasteiger partial charge in [0.1, 0.15) is 17.4 Å². The number of H-pyrrole nitrogens is 1. The molecule has 0 aliphatic carbocycles. The van der Waals surface area contributed by atoms with E-state index in [4.69, 9.17) is 10.2 Å². The molecule has 1 aromatic carbocycles. The first-order chi connectivity index (χ1) is 14.3. The van der Waals surface area contributed by atoms with Gasteiger partial charge in [0, 0.05) is 11.0 Å². The molecule has 2 aromatic heterocycles. The number of benzene rings is 1. The van der Waals surface area contributed by atoms with Crippen molar-refractivity contribution in [3.05, 3.63) is 79.0 Å². The maximum atomic E-state index is 13.5. The van der Waals surface area contributed by atoms with Crippen LogP contribution in [0.2, 0.25) is 0 Å². The van der Waals surface area contributed by atoms with Gasteiger partial charge in [0.2, 0.25) is 0 Å². The van der Waals surface area contributed by atoms with Gasteiger partial charge in [-0.3, -0.25) is 24.0 Å². The number of aromatic amines is 1. The van der Waals surface area contributed by atoms with Gasteiger partial charge in [0.25, 0.3) is 11.5 Å². The molecule has 0 spiro atoms. The summed E-state index contributed by atoms with van der Waals surface area (Å²) in [7, 11) is 0. The zero-order chi connectivity index (χ0) is 21.8. The smallest absolute Gasteiger partial charge is 0.330 e. The number of hydrogen-bond donors (Lipinski definition) is 2. The Labute approximate surface area is 179 Å². The Morgan fingerprint density at radius 3 is 2.73 bits per heavy atom. The highest BCUT2D eigenvalue weighted by Gasteiger charge is 2.27. The zero-order valence-corrected chi connectivity index (χ0v) is 17.7. The molecule has 0 atom stereocenters. The average Bonchev–Trinajstić information content (AvgIpc) is 3.19. The number of furan rings is 1. The number of hydrogen-bond acceptors (Lipinski definition) is 5. The first-order valence-corrected chi connectivity index (χ1v) is 10.0. The Bertz CT molecular complexity index is 1170. The maximum absolute atomic E-state index is 13.5. The van der Waals surface area contributed by atoms with E-state index < -0.39 is 23.0 Å². The van der Waals surface area contributed by atoms with Crippen molar-refractivity contribution in [3.8, 4) is 0 Å². The van der Waals surface area contributed by atoms with Gasteiger partial charge in [0.05, 0.1) is 18.4 Å². The topological polar surface area (TPSA) is 114 Å². The second-order valence-electron chi connectivity index (χ2n) is 6.59. The van der Waals surface area contributed by atoms with Crippen molar-refractivity contribution in [3.63, 3.8) is 0 Å². The Morgan fingerprint density at radius 2 is 2.10 bits per heavy atom. The number of amides is 1. The van der Waals surface area contributed by atoms with Crippen LogP contribution in [0.1, 0.15) is 35.9 Å². The van der Waals surface area contributed by atoms with Gasteiger partial charge in [-0.1, -0.05) is 13.3 Å². The molecule has 0 saturated heterocycles. The fourth-order valence-corrected chi connectivity index (χ4v) is 3.52. The van der Waals surface area contributed by atoms with Crippen LogP contribution < -0.4 is 21.9 Å². The van der Waals surface area contributed by atoms with Crippen molar-refractivity contribution < 1.29 is 13.6 Å². The van der Waals surface area contributed by atoms with Crippen LogP contribution in [0, 0.1) is 5.82 Å². The van der Waals surface area contributed by atoms with Crippen molar-refractivity contribution in [2.24, 2.45) is 0 Å². The third kappa shape index (κ3) is 4.38. The number of unbranched alkanes of at least 4 members (excludes halogenated alkanes) is 1. The Hall–Kier alpha value is -3.14. The molecule has 0 bridgehead atoms. The summed E-state index contributed by atoms with van der Waals surface area (Å²) in [5.41, 5.74) is 4.67. The molecule has 30 heavy (non-hydrogen) atoms. The van der Waals surface area contributed by atoms with Crippen molar-refractivity contribution >= 4 is 33.3 Å². The van der Waals surface area contributed by atoms with Gasteiger partial charge < -0.3 is 10.2 Å². The number of carbonyl (C=O) groups excluding carboxylic acids is 1. The van der Waals surface area contributed by atoms with E-state index in [1.807, 2.05) is 6.92 Å². The molecule has 8 nitrogen and oxygen atoms in total. The largest absolute Gasteiger partial charge is 0.467 e. The van der Waals surface area contributed by atoms with Crippen molar-refractivity contribution in [1.82, 2.24) is 9.55 Å². The molecule has 1 amide bonds. The van der Waals surface area contributed by atoms with E-state index in [0.29, 0.717) is 12.2 Å². The monoisotopic (exact) mass is 478 g/mol. The minimum atomic E-state index is -0.802. The van der Waals surface area contributed by atoms with Crippen LogP contribution in [0.25, 0.3) is 0 Å². The molecule has 0 unspecified atom stereocenters. The van der Waals surface area contributed by atoms with Crippen LogP contribution in [0.15, 0.2) is 55.1 Å². The molecule has 3 rings (SSSR count). The van der Waals surface area contributed by atoms with Crippen LogP contribution in [0.3, 0.4) is 0 Å². The van der Waals surface area contributed by atoms with E-state index in [1.54, 1.807) is 12.1 Å².